The lowest BCUT2D eigenvalue weighted by molar-refractivity contribution is 0.772. The maximum atomic E-state index is 4.87. The number of para-hydroxylation sites is 1. The molecule has 1 heterocycles. The van der Waals surface area contributed by atoms with Crippen molar-refractivity contribution < 1.29 is 0 Å². The van der Waals surface area contributed by atoms with Crippen LogP contribution >= 0.6 is 15.9 Å². The van der Waals surface area contributed by atoms with Gasteiger partial charge in [-0.1, -0.05) is 92.7 Å². The Labute approximate surface area is 178 Å². The number of aromatic nitrogens is 4. The monoisotopic (exact) mass is 445 g/mol. The largest absolute Gasteiger partial charge is 0.220 e. The van der Waals surface area contributed by atoms with Crippen molar-refractivity contribution in [3.05, 3.63) is 84.4 Å². The van der Waals surface area contributed by atoms with Crippen molar-refractivity contribution in [3.63, 3.8) is 0 Å². The number of nitrogens with zero attached hydrogens (tertiary/aromatic N) is 5. The average molecular weight is 446 g/mol. The second-order valence-electron chi connectivity index (χ2n) is 6.91. The molecule has 0 aliphatic rings. The van der Waals surface area contributed by atoms with Crippen molar-refractivity contribution in [2.24, 2.45) is 4.99 Å². The third kappa shape index (κ3) is 4.17. The first-order valence-electron chi connectivity index (χ1n) is 9.42. The number of benzene rings is 3. The molecule has 0 fully saturated rings. The summed E-state index contributed by atoms with van der Waals surface area (Å²) in [5.74, 6) is 0.875. The predicted molar refractivity (Wildman–Crippen MR) is 121 cm³/mol. The molecule has 4 rings (SSSR count). The zero-order valence-electron chi connectivity index (χ0n) is 16.2. The zero-order chi connectivity index (χ0) is 20.2. The molecular formula is C23H20BrN5. The molecule has 6 heteroatoms. The smallest absolute Gasteiger partial charge is 0.220 e. The maximum absolute atomic E-state index is 4.87. The zero-order valence-corrected chi connectivity index (χ0v) is 17.8. The second kappa shape index (κ2) is 8.49. The molecule has 0 aliphatic carbocycles. The van der Waals surface area contributed by atoms with Crippen molar-refractivity contribution in [1.82, 2.24) is 20.2 Å². The molecule has 0 spiro atoms. The van der Waals surface area contributed by atoms with Gasteiger partial charge in [-0.2, -0.15) is 0 Å². The summed E-state index contributed by atoms with van der Waals surface area (Å²) < 4.78 is 0.484. The fourth-order valence-corrected chi connectivity index (χ4v) is 3.46. The third-order valence-electron chi connectivity index (χ3n) is 4.59. The van der Waals surface area contributed by atoms with E-state index in [-0.39, 0.29) is 0 Å². The van der Waals surface area contributed by atoms with Crippen LogP contribution in [-0.4, -0.2) is 25.0 Å². The molecule has 5 nitrogen and oxygen atoms in total. The average Bonchev–Trinajstić information content (AvgIpc) is 3.25. The number of hydrogen-bond acceptors (Lipinski definition) is 4. The summed E-state index contributed by atoms with van der Waals surface area (Å²) in [6.07, 6.45) is 0. The maximum Gasteiger partial charge on any atom is 0.220 e. The van der Waals surface area contributed by atoms with Crippen LogP contribution in [0.25, 0.3) is 22.5 Å². The highest BCUT2D eigenvalue weighted by molar-refractivity contribution is 9.18. The number of halogens is 1. The number of aliphatic imine (C=N–C) groups is 1. The van der Waals surface area contributed by atoms with Crippen LogP contribution in [0.1, 0.15) is 25.3 Å². The van der Waals surface area contributed by atoms with Crippen LogP contribution < -0.4 is 0 Å². The summed E-state index contributed by atoms with van der Waals surface area (Å²) in [5.41, 5.74) is 5.15. The first-order valence-corrected chi connectivity index (χ1v) is 10.2. The second-order valence-corrected chi connectivity index (χ2v) is 7.62. The Hall–Kier alpha value is -3.12. The van der Waals surface area contributed by atoms with Crippen LogP contribution in [0, 0.1) is 0 Å². The predicted octanol–water partition coefficient (Wildman–Crippen LogP) is 6.06. The topological polar surface area (TPSA) is 56.0 Å². The molecule has 0 saturated heterocycles. The minimum atomic E-state index is 0.321. The van der Waals surface area contributed by atoms with Crippen molar-refractivity contribution in [1.29, 1.82) is 0 Å². The molecule has 0 bridgehead atoms. The number of hydrogen-bond donors (Lipinski definition) is 0. The standard InChI is InChI=1S/C23H20BrN5/c1-16(2)19-14-9-15-20(17-10-5-3-6-11-17)21(19)25-23(24)29-27-22(26-28-29)18-12-7-4-8-13-18/h3-16H,1-2H3/b25-23+. The SMILES string of the molecule is CC(C)c1cccc(-c2ccccc2)c1/N=C(\Br)n1nnc(-c2ccccc2)n1. The van der Waals surface area contributed by atoms with Crippen molar-refractivity contribution >= 4 is 26.4 Å². The van der Waals surface area contributed by atoms with Gasteiger partial charge in [0.1, 0.15) is 0 Å². The van der Waals surface area contributed by atoms with Gasteiger partial charge in [0.05, 0.1) is 5.69 Å². The van der Waals surface area contributed by atoms with Crippen molar-refractivity contribution in [2.45, 2.75) is 19.8 Å². The molecule has 144 valence electrons. The number of rotatable bonds is 4. The summed E-state index contributed by atoms with van der Waals surface area (Å²) in [6.45, 7) is 4.33. The van der Waals surface area contributed by atoms with E-state index in [4.69, 9.17) is 4.99 Å². The molecule has 0 unspecified atom stereocenters. The van der Waals surface area contributed by atoms with Crippen LogP contribution in [-0.2, 0) is 0 Å². The molecule has 29 heavy (non-hydrogen) atoms. The highest BCUT2D eigenvalue weighted by Gasteiger charge is 2.15. The molecule has 0 amide bonds. The Morgan fingerprint density at radius 3 is 2.17 bits per heavy atom. The van der Waals surface area contributed by atoms with Crippen molar-refractivity contribution in [3.8, 4) is 22.5 Å². The van der Waals surface area contributed by atoms with Crippen LogP contribution in [0.15, 0.2) is 83.9 Å². The molecular weight excluding hydrogens is 426 g/mol. The van der Waals surface area contributed by atoms with Gasteiger partial charge in [-0.15, -0.1) is 15.0 Å². The highest BCUT2D eigenvalue weighted by Crippen LogP contribution is 2.37. The Morgan fingerprint density at radius 2 is 1.52 bits per heavy atom. The van der Waals surface area contributed by atoms with Gasteiger partial charge in [-0.05, 0) is 38.2 Å². The van der Waals surface area contributed by atoms with Gasteiger partial charge in [0.2, 0.25) is 10.6 Å². The fourth-order valence-electron chi connectivity index (χ4n) is 3.13. The van der Waals surface area contributed by atoms with E-state index in [1.54, 1.807) is 0 Å². The van der Waals surface area contributed by atoms with Gasteiger partial charge in [0.25, 0.3) is 0 Å². The Balaban J connectivity index is 1.78. The third-order valence-corrected chi connectivity index (χ3v) is 5.08. The summed E-state index contributed by atoms with van der Waals surface area (Å²) in [4.78, 5) is 6.28. The van der Waals surface area contributed by atoms with E-state index in [0.29, 0.717) is 16.5 Å². The fraction of sp³-hybridized carbons (Fsp3) is 0.130. The molecule has 0 aliphatic heterocycles. The van der Waals surface area contributed by atoms with Crippen LogP contribution in [0.3, 0.4) is 0 Å². The van der Waals surface area contributed by atoms with E-state index >= 15 is 0 Å². The summed E-state index contributed by atoms with van der Waals surface area (Å²) in [7, 11) is 0. The molecule has 0 radical (unpaired) electrons. The molecule has 0 atom stereocenters. The van der Waals surface area contributed by atoms with E-state index in [9.17, 15) is 0 Å². The Morgan fingerprint density at radius 1 is 0.862 bits per heavy atom. The van der Waals surface area contributed by atoms with E-state index in [2.05, 4.69) is 75.5 Å². The highest BCUT2D eigenvalue weighted by atomic mass is 79.9. The summed E-state index contributed by atoms with van der Waals surface area (Å²) >= 11 is 3.55. The van der Waals surface area contributed by atoms with Crippen molar-refractivity contribution in [2.75, 3.05) is 0 Å². The lowest BCUT2D eigenvalue weighted by atomic mass is 9.94. The molecule has 0 saturated carbocycles. The van der Waals surface area contributed by atoms with Gasteiger partial charge < -0.3 is 0 Å². The van der Waals surface area contributed by atoms with Gasteiger partial charge >= 0.3 is 0 Å². The first kappa shape index (κ1) is 19.2. The van der Waals surface area contributed by atoms with Gasteiger partial charge in [0, 0.05) is 11.1 Å². The van der Waals surface area contributed by atoms with E-state index in [1.165, 1.54) is 4.80 Å². The van der Waals surface area contributed by atoms with E-state index < -0.39 is 0 Å². The number of tetrazole rings is 1. The van der Waals surface area contributed by atoms with Gasteiger partial charge in [-0.25, -0.2) is 4.99 Å². The normalized spacial score (nSPS) is 11.8. The Kier molecular flexibility index (Phi) is 5.62. The minimum absolute atomic E-state index is 0.321. The minimum Gasteiger partial charge on any atom is -0.220 e. The van der Waals surface area contributed by atoms with E-state index in [1.807, 2.05) is 48.5 Å². The van der Waals surface area contributed by atoms with Gasteiger partial charge in [-0.3, -0.25) is 0 Å². The van der Waals surface area contributed by atoms with Crippen LogP contribution in [0.4, 0.5) is 5.69 Å². The Bertz CT molecular complexity index is 1130. The summed E-state index contributed by atoms with van der Waals surface area (Å²) in [5, 5.41) is 12.8. The molecule has 0 N–H and O–H groups in total. The van der Waals surface area contributed by atoms with E-state index in [0.717, 1.165) is 27.9 Å². The lowest BCUT2D eigenvalue weighted by Crippen LogP contribution is -2.08. The molecule has 4 aromatic rings. The van der Waals surface area contributed by atoms with Crippen LogP contribution in [0.5, 0.6) is 0 Å². The van der Waals surface area contributed by atoms with Gasteiger partial charge in [0.15, 0.2) is 0 Å². The molecule has 3 aromatic carbocycles. The first-order chi connectivity index (χ1) is 14.1. The summed E-state index contributed by atoms with van der Waals surface area (Å²) in [6, 6.07) is 26.3. The van der Waals surface area contributed by atoms with Crippen LogP contribution in [0.2, 0.25) is 0 Å². The molecule has 1 aromatic heterocycles. The quantitative estimate of drug-likeness (QED) is 0.283. The lowest BCUT2D eigenvalue weighted by Gasteiger charge is -2.14.